The fourth-order valence-corrected chi connectivity index (χ4v) is 4.55. The van der Waals surface area contributed by atoms with E-state index in [1.165, 1.54) is 19.1 Å². The summed E-state index contributed by atoms with van der Waals surface area (Å²) in [6.45, 7) is 3.72. The number of hydrogen-bond donors (Lipinski definition) is 0. The number of esters is 1. The van der Waals surface area contributed by atoms with Gasteiger partial charge in [-0.1, -0.05) is 54.1 Å². The minimum atomic E-state index is -3.85. The number of aryl methyl sites for hydroxylation is 1. The van der Waals surface area contributed by atoms with Crippen LogP contribution in [0.3, 0.4) is 0 Å². The normalized spacial score (nSPS) is 12.6. The van der Waals surface area contributed by atoms with Crippen LogP contribution in [-0.2, 0) is 25.9 Å². The van der Waals surface area contributed by atoms with Crippen molar-refractivity contribution in [2.75, 3.05) is 7.11 Å². The Bertz CT molecular complexity index is 1250. The highest BCUT2D eigenvalue weighted by molar-refractivity contribution is 7.92. The minimum Gasteiger partial charge on any atom is -0.468 e. The molecule has 1 atom stereocenters. The lowest BCUT2D eigenvalue weighted by Gasteiger charge is -2.11. The van der Waals surface area contributed by atoms with Crippen LogP contribution in [0, 0.1) is 6.92 Å². The maximum Gasteiger partial charge on any atom is 0.324 e. The van der Waals surface area contributed by atoms with Crippen molar-refractivity contribution in [3.05, 3.63) is 95.3 Å². The molecule has 0 fully saturated rings. The van der Waals surface area contributed by atoms with Crippen molar-refractivity contribution < 1.29 is 22.7 Å². The summed E-state index contributed by atoms with van der Waals surface area (Å²) in [6.07, 6.45) is 5.45. The number of nitrogens with zero attached hydrogens (tertiary/aromatic N) is 1. The van der Waals surface area contributed by atoms with Gasteiger partial charge >= 0.3 is 5.97 Å². The number of carbonyl (C=O) groups is 2. The van der Waals surface area contributed by atoms with E-state index >= 15 is 0 Å². The van der Waals surface area contributed by atoms with Gasteiger partial charge in [0, 0.05) is 18.3 Å². The average Bonchev–Trinajstić information content (AvgIpc) is 3.26. The van der Waals surface area contributed by atoms with Gasteiger partial charge in [-0.15, -0.1) is 0 Å². The monoisotopic (exact) mass is 451 g/mol. The lowest BCUT2D eigenvalue weighted by Crippen LogP contribution is -2.28. The minimum absolute atomic E-state index is 0.0498. The van der Waals surface area contributed by atoms with Crippen molar-refractivity contribution in [3.63, 3.8) is 0 Å². The first-order valence-corrected chi connectivity index (χ1v) is 11.6. The van der Waals surface area contributed by atoms with E-state index in [4.69, 9.17) is 0 Å². The Kier molecular flexibility index (Phi) is 7.10. The third-order valence-corrected chi connectivity index (χ3v) is 7.21. The molecule has 3 aromatic rings. The SMILES string of the molecule is COC(=O)C(C)S(=O)(=O)c1cccc(/C=C/Cn2cccc2C(=O)c2ccc(C)cc2)c1. The van der Waals surface area contributed by atoms with Crippen LogP contribution in [0.5, 0.6) is 0 Å². The van der Waals surface area contributed by atoms with Gasteiger partial charge < -0.3 is 9.30 Å². The molecule has 32 heavy (non-hydrogen) atoms. The van der Waals surface area contributed by atoms with Gasteiger partial charge in [0.25, 0.3) is 0 Å². The highest BCUT2D eigenvalue weighted by Gasteiger charge is 2.30. The molecule has 1 unspecified atom stereocenters. The number of ether oxygens (including phenoxy) is 1. The van der Waals surface area contributed by atoms with Gasteiger partial charge in [-0.05, 0) is 43.7 Å². The first kappa shape index (κ1) is 23.2. The summed E-state index contributed by atoms with van der Waals surface area (Å²) in [5, 5.41) is -1.29. The van der Waals surface area contributed by atoms with Crippen molar-refractivity contribution in [2.24, 2.45) is 0 Å². The van der Waals surface area contributed by atoms with Gasteiger partial charge in [0.05, 0.1) is 17.7 Å². The Labute approximate surface area is 188 Å². The van der Waals surface area contributed by atoms with E-state index in [0.29, 0.717) is 23.4 Å². The molecule has 2 aromatic carbocycles. The van der Waals surface area contributed by atoms with Gasteiger partial charge in [0.1, 0.15) is 0 Å². The fraction of sp³-hybridized carbons (Fsp3) is 0.200. The summed E-state index contributed by atoms with van der Waals surface area (Å²) in [6, 6.07) is 17.4. The van der Waals surface area contributed by atoms with Gasteiger partial charge in [-0.25, -0.2) is 8.42 Å². The predicted molar refractivity (Wildman–Crippen MR) is 123 cm³/mol. The second kappa shape index (κ2) is 9.78. The molecular formula is C25H25NO5S. The lowest BCUT2D eigenvalue weighted by atomic mass is 10.1. The Morgan fingerprint density at radius 1 is 1.06 bits per heavy atom. The molecule has 0 radical (unpaired) electrons. The molecule has 3 rings (SSSR count). The van der Waals surface area contributed by atoms with E-state index in [1.54, 1.807) is 24.3 Å². The molecule has 0 aliphatic heterocycles. The first-order chi connectivity index (χ1) is 15.2. The van der Waals surface area contributed by atoms with Gasteiger partial charge in [-0.3, -0.25) is 9.59 Å². The highest BCUT2D eigenvalue weighted by Crippen LogP contribution is 2.19. The van der Waals surface area contributed by atoms with E-state index in [0.717, 1.165) is 12.7 Å². The summed E-state index contributed by atoms with van der Waals surface area (Å²) in [5.74, 6) is -0.863. The van der Waals surface area contributed by atoms with Crippen molar-refractivity contribution in [3.8, 4) is 0 Å². The average molecular weight is 452 g/mol. The third-order valence-electron chi connectivity index (χ3n) is 5.17. The topological polar surface area (TPSA) is 82.4 Å². The summed E-state index contributed by atoms with van der Waals surface area (Å²) < 4.78 is 31.7. The number of hydrogen-bond acceptors (Lipinski definition) is 5. The zero-order chi connectivity index (χ0) is 23.3. The van der Waals surface area contributed by atoms with Gasteiger partial charge in [-0.2, -0.15) is 0 Å². The van der Waals surface area contributed by atoms with E-state index in [1.807, 2.05) is 54.1 Å². The van der Waals surface area contributed by atoms with E-state index in [2.05, 4.69) is 4.74 Å². The van der Waals surface area contributed by atoms with Crippen LogP contribution in [0.4, 0.5) is 0 Å². The van der Waals surface area contributed by atoms with E-state index in [-0.39, 0.29) is 10.7 Å². The van der Waals surface area contributed by atoms with Gasteiger partial charge in [0.15, 0.2) is 15.1 Å². The Hall–Kier alpha value is -3.45. The summed E-state index contributed by atoms with van der Waals surface area (Å²) in [4.78, 5) is 24.6. The number of sulfone groups is 1. The molecule has 0 aliphatic carbocycles. The van der Waals surface area contributed by atoms with E-state index < -0.39 is 21.1 Å². The zero-order valence-electron chi connectivity index (χ0n) is 18.2. The number of ketones is 1. The number of carbonyl (C=O) groups excluding carboxylic acids is 2. The van der Waals surface area contributed by atoms with Crippen molar-refractivity contribution in [2.45, 2.75) is 30.5 Å². The second-order valence-electron chi connectivity index (χ2n) is 7.43. The molecule has 0 saturated carbocycles. The predicted octanol–water partition coefficient (Wildman–Crippen LogP) is 4.08. The second-order valence-corrected chi connectivity index (χ2v) is 9.69. The van der Waals surface area contributed by atoms with Crippen LogP contribution in [0.2, 0.25) is 0 Å². The van der Waals surface area contributed by atoms with Crippen LogP contribution in [0.1, 0.15) is 34.1 Å². The Balaban J connectivity index is 1.76. The molecule has 7 heteroatoms. The molecule has 1 heterocycles. The molecule has 1 aromatic heterocycles. The lowest BCUT2D eigenvalue weighted by molar-refractivity contribution is -0.139. The maximum absolute atomic E-state index is 12.8. The summed E-state index contributed by atoms with van der Waals surface area (Å²) >= 11 is 0. The molecule has 0 saturated heterocycles. The molecule has 6 nitrogen and oxygen atoms in total. The molecule has 166 valence electrons. The van der Waals surface area contributed by atoms with Crippen LogP contribution in [-0.4, -0.2) is 37.1 Å². The van der Waals surface area contributed by atoms with E-state index in [9.17, 15) is 18.0 Å². The smallest absolute Gasteiger partial charge is 0.324 e. The molecule has 0 spiro atoms. The zero-order valence-corrected chi connectivity index (χ0v) is 19.0. The van der Waals surface area contributed by atoms with Crippen molar-refractivity contribution in [1.29, 1.82) is 0 Å². The maximum atomic E-state index is 12.8. The van der Waals surface area contributed by atoms with Gasteiger partial charge in [0.2, 0.25) is 5.78 Å². The van der Waals surface area contributed by atoms with Crippen LogP contribution < -0.4 is 0 Å². The third kappa shape index (κ3) is 5.06. The summed E-state index contributed by atoms with van der Waals surface area (Å²) in [7, 11) is -2.69. The highest BCUT2D eigenvalue weighted by atomic mass is 32.2. The number of benzene rings is 2. The summed E-state index contributed by atoms with van der Waals surface area (Å²) in [5.41, 5.74) is 2.95. The number of rotatable bonds is 8. The largest absolute Gasteiger partial charge is 0.468 e. The number of aromatic nitrogens is 1. The van der Waals surface area contributed by atoms with Crippen LogP contribution in [0.25, 0.3) is 6.08 Å². The quantitative estimate of drug-likeness (QED) is 0.381. The van der Waals surface area contributed by atoms with Crippen molar-refractivity contribution in [1.82, 2.24) is 4.57 Å². The fourth-order valence-electron chi connectivity index (χ4n) is 3.23. The number of allylic oxidation sites excluding steroid dienone is 1. The first-order valence-electron chi connectivity index (χ1n) is 10.1. The molecule has 0 aliphatic rings. The molecular weight excluding hydrogens is 426 g/mol. The number of methoxy groups -OCH3 is 1. The molecule has 0 bridgehead atoms. The van der Waals surface area contributed by atoms with Crippen LogP contribution >= 0.6 is 0 Å². The molecule has 0 N–H and O–H groups in total. The van der Waals surface area contributed by atoms with Crippen LogP contribution in [0.15, 0.2) is 77.8 Å². The standard InChI is InChI=1S/C25H25NO5S/c1-18-11-13-21(14-12-18)24(27)23-10-6-16-26(23)15-5-8-20-7-4-9-22(17-20)32(29,30)19(2)25(28)31-3/h4-14,16-17,19H,15H2,1-3H3/b8-5+. The Morgan fingerprint density at radius 2 is 1.78 bits per heavy atom. The Morgan fingerprint density at radius 3 is 2.47 bits per heavy atom. The molecule has 0 amide bonds. The van der Waals surface area contributed by atoms with Crippen molar-refractivity contribution >= 4 is 27.7 Å².